The van der Waals surface area contributed by atoms with Gasteiger partial charge in [-0.3, -0.25) is 14.5 Å². The van der Waals surface area contributed by atoms with Crippen LogP contribution >= 0.6 is 0 Å². The van der Waals surface area contributed by atoms with E-state index < -0.39 is 5.60 Å². The molecular formula is C22H27N5O3. The van der Waals surface area contributed by atoms with Crippen molar-refractivity contribution in [3.8, 4) is 11.3 Å². The van der Waals surface area contributed by atoms with Crippen LogP contribution in [0, 0.1) is 0 Å². The minimum atomic E-state index is -0.521. The Labute approximate surface area is 175 Å². The molecule has 2 amide bonds. The number of rotatable bonds is 2. The molecule has 0 saturated carbocycles. The van der Waals surface area contributed by atoms with Gasteiger partial charge in [0, 0.05) is 43.2 Å². The van der Waals surface area contributed by atoms with Gasteiger partial charge in [-0.25, -0.2) is 4.79 Å². The van der Waals surface area contributed by atoms with E-state index in [0.29, 0.717) is 39.0 Å². The summed E-state index contributed by atoms with van der Waals surface area (Å²) in [5.74, 6) is 0.00275. The van der Waals surface area contributed by atoms with Crippen LogP contribution in [0.5, 0.6) is 0 Å². The summed E-state index contributed by atoms with van der Waals surface area (Å²) in [5.41, 5.74) is 4.34. The third kappa shape index (κ3) is 4.22. The molecule has 0 unspecified atom stereocenters. The van der Waals surface area contributed by atoms with E-state index >= 15 is 0 Å². The van der Waals surface area contributed by atoms with Crippen LogP contribution in [0.3, 0.4) is 0 Å². The highest BCUT2D eigenvalue weighted by molar-refractivity contribution is 5.86. The lowest BCUT2D eigenvalue weighted by molar-refractivity contribution is -0.120. The van der Waals surface area contributed by atoms with E-state index in [2.05, 4.69) is 16.4 Å². The number of hydrogen-bond acceptors (Lipinski definition) is 5. The van der Waals surface area contributed by atoms with E-state index in [1.807, 2.05) is 37.6 Å². The number of fused-ring (bicyclic) bond motifs is 1. The van der Waals surface area contributed by atoms with Crippen molar-refractivity contribution in [3.63, 3.8) is 0 Å². The zero-order valence-electron chi connectivity index (χ0n) is 17.6. The average Bonchev–Trinajstić information content (AvgIpc) is 2.95. The lowest BCUT2D eigenvalue weighted by Gasteiger charge is -2.29. The van der Waals surface area contributed by atoms with Gasteiger partial charge in [0.1, 0.15) is 11.3 Å². The minimum absolute atomic E-state index is 0.00275. The molecule has 4 heterocycles. The molecule has 0 saturated heterocycles. The monoisotopic (exact) mass is 409 g/mol. The van der Waals surface area contributed by atoms with Crippen LogP contribution in [0.15, 0.2) is 30.6 Å². The largest absolute Gasteiger partial charge is 0.444 e. The first-order valence-electron chi connectivity index (χ1n) is 10.3. The van der Waals surface area contributed by atoms with Crippen molar-refractivity contribution < 1.29 is 14.3 Å². The molecule has 2 aromatic rings. The molecule has 8 heteroatoms. The normalized spacial score (nSPS) is 17.0. The molecule has 0 aliphatic carbocycles. The van der Waals surface area contributed by atoms with Crippen molar-refractivity contribution in [2.45, 2.75) is 45.8 Å². The molecule has 8 nitrogen and oxygen atoms in total. The minimum Gasteiger partial charge on any atom is -0.444 e. The quantitative estimate of drug-likeness (QED) is 0.824. The molecule has 30 heavy (non-hydrogen) atoms. The maximum Gasteiger partial charge on any atom is 0.410 e. The molecule has 0 fully saturated rings. The third-order valence-electron chi connectivity index (χ3n) is 5.17. The number of nitrogens with zero attached hydrogens (tertiary/aromatic N) is 4. The Morgan fingerprint density at radius 1 is 1.20 bits per heavy atom. The first kappa shape index (κ1) is 20.1. The number of amides is 2. The zero-order chi connectivity index (χ0) is 21.3. The Hall–Kier alpha value is -3.16. The topological polar surface area (TPSA) is 89.3 Å². The van der Waals surface area contributed by atoms with Gasteiger partial charge < -0.3 is 15.0 Å². The number of aromatic nitrogens is 3. The van der Waals surface area contributed by atoms with Gasteiger partial charge in [-0.1, -0.05) is 6.08 Å². The highest BCUT2D eigenvalue weighted by Gasteiger charge is 2.29. The van der Waals surface area contributed by atoms with Crippen LogP contribution in [0.2, 0.25) is 0 Å². The smallest absolute Gasteiger partial charge is 0.410 e. The highest BCUT2D eigenvalue weighted by Crippen LogP contribution is 2.35. The molecule has 2 aromatic heterocycles. The summed E-state index contributed by atoms with van der Waals surface area (Å²) in [7, 11) is 0. The zero-order valence-corrected chi connectivity index (χ0v) is 17.6. The molecule has 2 aliphatic heterocycles. The molecule has 0 spiro atoms. The van der Waals surface area contributed by atoms with Gasteiger partial charge in [-0.2, -0.15) is 5.10 Å². The van der Waals surface area contributed by atoms with Gasteiger partial charge in [0.25, 0.3) is 0 Å². The fraction of sp³-hybridized carbons (Fsp3) is 0.455. The van der Waals surface area contributed by atoms with E-state index in [0.717, 1.165) is 28.1 Å². The maximum atomic E-state index is 12.4. The summed E-state index contributed by atoms with van der Waals surface area (Å²) in [6.07, 6.45) is 6.21. The number of ether oxygens (including phenoxy) is 1. The third-order valence-corrected chi connectivity index (χ3v) is 5.17. The summed E-state index contributed by atoms with van der Waals surface area (Å²) >= 11 is 0. The standard InChI is InChI=1S/C22H27N5O3/c1-22(2,3)30-21(29)26-11-6-15(7-12-26)19-17-14-18(28)24-10-13-27(17)25-20(19)16-4-8-23-9-5-16/h4-6,8-9H,7,10-14H2,1-3H3,(H,24,28). The molecule has 1 N–H and O–H groups in total. The van der Waals surface area contributed by atoms with Gasteiger partial charge in [-0.05, 0) is 44.9 Å². The number of hydrogen-bond donors (Lipinski definition) is 1. The summed E-state index contributed by atoms with van der Waals surface area (Å²) < 4.78 is 7.43. The van der Waals surface area contributed by atoms with Crippen molar-refractivity contribution >= 4 is 17.6 Å². The van der Waals surface area contributed by atoms with Crippen LogP contribution in [0.4, 0.5) is 4.79 Å². The van der Waals surface area contributed by atoms with Gasteiger partial charge in [0.2, 0.25) is 5.91 Å². The average molecular weight is 409 g/mol. The van der Waals surface area contributed by atoms with Crippen LogP contribution < -0.4 is 5.32 Å². The first-order valence-corrected chi connectivity index (χ1v) is 10.3. The lowest BCUT2D eigenvalue weighted by atomic mass is 9.93. The molecule has 0 bridgehead atoms. The molecule has 0 aromatic carbocycles. The van der Waals surface area contributed by atoms with Gasteiger partial charge in [0.05, 0.1) is 18.7 Å². The number of nitrogens with one attached hydrogen (secondary N) is 1. The Morgan fingerprint density at radius 3 is 2.63 bits per heavy atom. The molecule has 0 atom stereocenters. The van der Waals surface area contributed by atoms with Crippen molar-refractivity contribution in [1.82, 2.24) is 25.0 Å². The summed E-state index contributed by atoms with van der Waals surface area (Å²) in [6.45, 7) is 7.83. The van der Waals surface area contributed by atoms with Crippen molar-refractivity contribution in [3.05, 3.63) is 41.9 Å². The fourth-order valence-corrected chi connectivity index (χ4v) is 3.81. The molecule has 0 radical (unpaired) electrons. The second-order valence-electron chi connectivity index (χ2n) is 8.56. The Bertz CT molecular complexity index is 988. The van der Waals surface area contributed by atoms with E-state index in [4.69, 9.17) is 9.84 Å². The van der Waals surface area contributed by atoms with Crippen molar-refractivity contribution in [1.29, 1.82) is 0 Å². The Morgan fingerprint density at radius 2 is 1.97 bits per heavy atom. The van der Waals surface area contributed by atoms with Crippen LogP contribution in [-0.4, -0.2) is 56.9 Å². The predicted octanol–water partition coefficient (Wildman–Crippen LogP) is 2.64. The fourth-order valence-electron chi connectivity index (χ4n) is 3.81. The van der Waals surface area contributed by atoms with E-state index in [-0.39, 0.29) is 12.0 Å². The Kier molecular flexibility index (Phi) is 5.32. The van der Waals surface area contributed by atoms with E-state index in [1.54, 1.807) is 17.3 Å². The summed E-state index contributed by atoms with van der Waals surface area (Å²) in [5, 5.41) is 7.76. The second kappa shape index (κ2) is 7.93. The predicted molar refractivity (Wildman–Crippen MR) is 113 cm³/mol. The molecule has 158 valence electrons. The number of pyridine rings is 1. The van der Waals surface area contributed by atoms with Crippen molar-refractivity contribution in [2.24, 2.45) is 0 Å². The van der Waals surface area contributed by atoms with E-state index in [9.17, 15) is 9.59 Å². The van der Waals surface area contributed by atoms with Gasteiger partial charge in [-0.15, -0.1) is 0 Å². The molecule has 4 rings (SSSR count). The molecular weight excluding hydrogens is 382 g/mol. The van der Waals surface area contributed by atoms with E-state index in [1.165, 1.54) is 0 Å². The van der Waals surface area contributed by atoms with Crippen LogP contribution in [0.25, 0.3) is 16.8 Å². The SMILES string of the molecule is CC(C)(C)OC(=O)N1CC=C(c2c(-c3ccncc3)nn3c2CC(=O)NCC3)CC1. The molecule has 2 aliphatic rings. The van der Waals surface area contributed by atoms with Gasteiger partial charge in [0.15, 0.2) is 0 Å². The summed E-state index contributed by atoms with van der Waals surface area (Å²) in [4.78, 5) is 30.5. The first-order chi connectivity index (χ1) is 14.3. The lowest BCUT2D eigenvalue weighted by Crippen LogP contribution is -2.39. The second-order valence-corrected chi connectivity index (χ2v) is 8.56. The van der Waals surface area contributed by atoms with Crippen molar-refractivity contribution in [2.75, 3.05) is 19.6 Å². The number of carbonyl (C=O) groups excluding carboxylic acids is 2. The highest BCUT2D eigenvalue weighted by atomic mass is 16.6. The van der Waals surface area contributed by atoms with Gasteiger partial charge >= 0.3 is 6.09 Å². The van der Waals surface area contributed by atoms with Crippen LogP contribution in [-0.2, 0) is 22.5 Å². The Balaban J connectivity index is 1.69. The number of carbonyl (C=O) groups is 2. The maximum absolute atomic E-state index is 12.4. The summed E-state index contributed by atoms with van der Waals surface area (Å²) in [6, 6.07) is 3.87. The van der Waals surface area contributed by atoms with Crippen LogP contribution in [0.1, 0.15) is 38.4 Å².